The van der Waals surface area contributed by atoms with Gasteiger partial charge in [0.15, 0.2) is 5.82 Å². The van der Waals surface area contributed by atoms with Gasteiger partial charge in [-0.25, -0.2) is 0 Å². The lowest BCUT2D eigenvalue weighted by molar-refractivity contribution is 0.266. The number of hydrogen-bond donors (Lipinski definition) is 1. The lowest BCUT2D eigenvalue weighted by Gasteiger charge is -2.20. The van der Waals surface area contributed by atoms with Gasteiger partial charge in [-0.2, -0.15) is 5.10 Å². The zero-order chi connectivity index (χ0) is 14.8. The normalized spacial score (nSPS) is 19.5. The standard InChI is InChI=1S/C17H24N4/c1-12(2)21-9-8-14(11-21)10-18-17-16-7-5-4-6-15(16)13(3)19-20-17/h4-7,12,14H,8-11H2,1-3H3,(H,18,20). The van der Waals surface area contributed by atoms with E-state index in [4.69, 9.17) is 0 Å². The smallest absolute Gasteiger partial charge is 0.156 e. The number of anilines is 1. The molecule has 0 bridgehead atoms. The first-order chi connectivity index (χ1) is 10.1. The fraction of sp³-hybridized carbons (Fsp3) is 0.529. The van der Waals surface area contributed by atoms with Crippen LogP contribution in [0.3, 0.4) is 0 Å². The first-order valence-electron chi connectivity index (χ1n) is 7.85. The molecule has 1 aliphatic heterocycles. The van der Waals surface area contributed by atoms with E-state index >= 15 is 0 Å². The summed E-state index contributed by atoms with van der Waals surface area (Å²) in [5.41, 5.74) is 0.989. The third-order valence-corrected chi connectivity index (χ3v) is 4.48. The molecule has 0 radical (unpaired) electrons. The predicted octanol–water partition coefficient (Wildman–Crippen LogP) is 3.08. The summed E-state index contributed by atoms with van der Waals surface area (Å²) >= 11 is 0. The van der Waals surface area contributed by atoms with Gasteiger partial charge in [-0.1, -0.05) is 24.3 Å². The van der Waals surface area contributed by atoms with Crippen LogP contribution in [0.4, 0.5) is 5.82 Å². The van der Waals surface area contributed by atoms with Gasteiger partial charge in [-0.3, -0.25) is 0 Å². The second-order valence-corrected chi connectivity index (χ2v) is 6.30. The first-order valence-corrected chi connectivity index (χ1v) is 7.85. The van der Waals surface area contributed by atoms with Crippen LogP contribution < -0.4 is 5.32 Å². The quantitative estimate of drug-likeness (QED) is 0.937. The summed E-state index contributed by atoms with van der Waals surface area (Å²) in [5, 5.41) is 14.5. The molecule has 0 amide bonds. The summed E-state index contributed by atoms with van der Waals surface area (Å²) in [6.07, 6.45) is 1.27. The molecule has 1 atom stereocenters. The van der Waals surface area contributed by atoms with Gasteiger partial charge in [-0.05, 0) is 39.7 Å². The maximum absolute atomic E-state index is 4.35. The minimum Gasteiger partial charge on any atom is -0.368 e. The molecule has 0 spiro atoms. The molecule has 0 aliphatic carbocycles. The Labute approximate surface area is 126 Å². The third-order valence-electron chi connectivity index (χ3n) is 4.48. The molecule has 1 fully saturated rings. The Kier molecular flexibility index (Phi) is 4.06. The molecule has 4 heteroatoms. The molecule has 1 unspecified atom stereocenters. The van der Waals surface area contributed by atoms with Crippen molar-refractivity contribution < 1.29 is 0 Å². The Morgan fingerprint density at radius 1 is 1.24 bits per heavy atom. The molecule has 1 aliphatic rings. The number of aryl methyl sites for hydroxylation is 1. The van der Waals surface area contributed by atoms with E-state index in [-0.39, 0.29) is 0 Å². The third kappa shape index (κ3) is 3.00. The predicted molar refractivity (Wildman–Crippen MR) is 87.6 cm³/mol. The zero-order valence-corrected chi connectivity index (χ0v) is 13.1. The van der Waals surface area contributed by atoms with E-state index in [2.05, 4.69) is 58.5 Å². The van der Waals surface area contributed by atoms with Crippen LogP contribution in [-0.4, -0.2) is 40.8 Å². The summed E-state index contributed by atoms with van der Waals surface area (Å²) < 4.78 is 0. The van der Waals surface area contributed by atoms with E-state index in [1.54, 1.807) is 0 Å². The molecule has 3 rings (SSSR count). The largest absolute Gasteiger partial charge is 0.368 e. The second-order valence-electron chi connectivity index (χ2n) is 6.30. The van der Waals surface area contributed by atoms with E-state index in [0.717, 1.165) is 18.1 Å². The lowest BCUT2D eigenvalue weighted by Crippen LogP contribution is -2.29. The van der Waals surface area contributed by atoms with Crippen molar-refractivity contribution in [2.75, 3.05) is 25.0 Å². The van der Waals surface area contributed by atoms with Crippen molar-refractivity contribution in [3.63, 3.8) is 0 Å². The van der Waals surface area contributed by atoms with Crippen LogP contribution in [0.5, 0.6) is 0 Å². The molecule has 1 N–H and O–H groups in total. The lowest BCUT2D eigenvalue weighted by atomic mass is 10.1. The van der Waals surface area contributed by atoms with Crippen molar-refractivity contribution in [2.24, 2.45) is 5.92 Å². The van der Waals surface area contributed by atoms with Gasteiger partial charge >= 0.3 is 0 Å². The molecule has 21 heavy (non-hydrogen) atoms. The van der Waals surface area contributed by atoms with Crippen molar-refractivity contribution in [3.05, 3.63) is 30.0 Å². The monoisotopic (exact) mass is 284 g/mol. The average Bonchev–Trinajstić information content (AvgIpc) is 2.96. The van der Waals surface area contributed by atoms with Crippen molar-refractivity contribution in [1.29, 1.82) is 0 Å². The summed E-state index contributed by atoms with van der Waals surface area (Å²) in [7, 11) is 0. The fourth-order valence-corrected chi connectivity index (χ4v) is 3.11. The van der Waals surface area contributed by atoms with Crippen molar-refractivity contribution in [1.82, 2.24) is 15.1 Å². The van der Waals surface area contributed by atoms with Gasteiger partial charge in [0, 0.05) is 29.9 Å². The van der Waals surface area contributed by atoms with E-state index < -0.39 is 0 Å². The van der Waals surface area contributed by atoms with Crippen LogP contribution in [0.25, 0.3) is 10.8 Å². The van der Waals surface area contributed by atoms with E-state index in [1.807, 2.05) is 6.92 Å². The summed E-state index contributed by atoms with van der Waals surface area (Å²) in [4.78, 5) is 2.55. The minimum absolute atomic E-state index is 0.648. The van der Waals surface area contributed by atoms with Crippen molar-refractivity contribution in [3.8, 4) is 0 Å². The van der Waals surface area contributed by atoms with Gasteiger partial charge in [0.2, 0.25) is 0 Å². The SMILES string of the molecule is Cc1nnc(NCC2CCN(C(C)C)C2)c2ccccc12. The van der Waals surface area contributed by atoms with Crippen LogP contribution in [0.2, 0.25) is 0 Å². The number of nitrogens with zero attached hydrogens (tertiary/aromatic N) is 3. The Bertz CT molecular complexity index is 623. The molecule has 2 heterocycles. The Morgan fingerprint density at radius 2 is 2.00 bits per heavy atom. The molecule has 2 aromatic rings. The zero-order valence-electron chi connectivity index (χ0n) is 13.1. The average molecular weight is 284 g/mol. The summed E-state index contributed by atoms with van der Waals surface area (Å²) in [6, 6.07) is 8.99. The first kappa shape index (κ1) is 14.3. The van der Waals surface area contributed by atoms with Crippen molar-refractivity contribution in [2.45, 2.75) is 33.2 Å². The maximum Gasteiger partial charge on any atom is 0.156 e. The maximum atomic E-state index is 4.35. The van der Waals surface area contributed by atoms with Crippen LogP contribution in [0, 0.1) is 12.8 Å². The number of nitrogens with one attached hydrogen (secondary N) is 1. The van der Waals surface area contributed by atoms with E-state index in [9.17, 15) is 0 Å². The van der Waals surface area contributed by atoms with Crippen LogP contribution >= 0.6 is 0 Å². The van der Waals surface area contributed by atoms with Gasteiger partial charge in [-0.15, -0.1) is 5.10 Å². The van der Waals surface area contributed by atoms with Gasteiger partial charge in [0.05, 0.1) is 5.69 Å². The fourth-order valence-electron chi connectivity index (χ4n) is 3.11. The number of benzene rings is 1. The highest BCUT2D eigenvalue weighted by atomic mass is 15.2. The van der Waals surface area contributed by atoms with Crippen LogP contribution in [0.15, 0.2) is 24.3 Å². The highest BCUT2D eigenvalue weighted by Crippen LogP contribution is 2.24. The van der Waals surface area contributed by atoms with Gasteiger partial charge < -0.3 is 10.2 Å². The topological polar surface area (TPSA) is 41.1 Å². The number of aromatic nitrogens is 2. The number of likely N-dealkylation sites (tertiary alicyclic amines) is 1. The number of fused-ring (bicyclic) bond motifs is 1. The molecule has 4 nitrogen and oxygen atoms in total. The highest BCUT2D eigenvalue weighted by molar-refractivity contribution is 5.92. The molecule has 1 saturated heterocycles. The molecule has 0 saturated carbocycles. The number of rotatable bonds is 4. The summed E-state index contributed by atoms with van der Waals surface area (Å²) in [6.45, 7) is 9.93. The molecule has 1 aromatic heterocycles. The Balaban J connectivity index is 1.70. The van der Waals surface area contributed by atoms with Gasteiger partial charge in [0.1, 0.15) is 0 Å². The van der Waals surface area contributed by atoms with Crippen molar-refractivity contribution >= 4 is 16.6 Å². The highest BCUT2D eigenvalue weighted by Gasteiger charge is 2.24. The molecular formula is C17H24N4. The van der Waals surface area contributed by atoms with Crippen LogP contribution in [0.1, 0.15) is 26.0 Å². The minimum atomic E-state index is 0.648. The Hall–Kier alpha value is -1.68. The summed E-state index contributed by atoms with van der Waals surface area (Å²) in [5.74, 6) is 1.62. The molecular weight excluding hydrogens is 260 g/mol. The van der Waals surface area contributed by atoms with E-state index in [0.29, 0.717) is 12.0 Å². The Morgan fingerprint density at radius 3 is 2.71 bits per heavy atom. The molecule has 112 valence electrons. The second kappa shape index (κ2) is 5.98. The van der Waals surface area contributed by atoms with Gasteiger partial charge in [0.25, 0.3) is 0 Å². The van der Waals surface area contributed by atoms with Crippen LogP contribution in [-0.2, 0) is 0 Å². The van der Waals surface area contributed by atoms with E-state index in [1.165, 1.54) is 30.3 Å². The number of hydrogen-bond acceptors (Lipinski definition) is 4. The molecule has 1 aromatic carbocycles.